The van der Waals surface area contributed by atoms with Crippen LogP contribution in [0.15, 0.2) is 41.6 Å². The molecule has 1 unspecified atom stereocenters. The van der Waals surface area contributed by atoms with Gasteiger partial charge >= 0.3 is 0 Å². The van der Waals surface area contributed by atoms with Crippen molar-refractivity contribution in [2.45, 2.75) is 38.3 Å². The molecule has 0 bridgehead atoms. The molecule has 0 spiro atoms. The Morgan fingerprint density at radius 3 is 2.65 bits per heavy atom. The molecule has 1 atom stereocenters. The highest BCUT2D eigenvalue weighted by Gasteiger charge is 2.48. The number of hydrogen-bond donors (Lipinski definition) is 1. The third kappa shape index (κ3) is 3.42. The van der Waals surface area contributed by atoms with Gasteiger partial charge in [-0.3, -0.25) is 29.4 Å². The van der Waals surface area contributed by atoms with Gasteiger partial charge in [-0.05, 0) is 30.8 Å². The largest absolute Gasteiger partial charge is 0.359 e. The van der Waals surface area contributed by atoms with Crippen molar-refractivity contribution in [3.63, 3.8) is 0 Å². The molecule has 1 aromatic carbocycles. The zero-order valence-electron chi connectivity index (χ0n) is 16.5. The Morgan fingerprint density at radius 2 is 1.87 bits per heavy atom. The number of imide groups is 2. The van der Waals surface area contributed by atoms with E-state index < -0.39 is 23.8 Å². The van der Waals surface area contributed by atoms with Crippen molar-refractivity contribution < 1.29 is 19.2 Å². The third-order valence-corrected chi connectivity index (χ3v) is 6.50. The average molecular weight is 437 g/mol. The minimum atomic E-state index is -0.952. The van der Waals surface area contributed by atoms with E-state index >= 15 is 0 Å². The van der Waals surface area contributed by atoms with Crippen LogP contribution in [-0.4, -0.2) is 55.4 Å². The van der Waals surface area contributed by atoms with E-state index in [0.717, 1.165) is 21.9 Å². The Bertz CT molecular complexity index is 1130. The number of hydrogen-bond acceptors (Lipinski definition) is 8. The van der Waals surface area contributed by atoms with Crippen LogP contribution >= 0.6 is 11.5 Å². The fourth-order valence-corrected chi connectivity index (χ4v) is 4.93. The highest BCUT2D eigenvalue weighted by atomic mass is 32.1. The average Bonchev–Trinajstić information content (AvgIpc) is 3.33. The van der Waals surface area contributed by atoms with Gasteiger partial charge in [0, 0.05) is 24.1 Å². The molecule has 1 fully saturated rings. The lowest BCUT2D eigenvalue weighted by Crippen LogP contribution is -2.55. The van der Waals surface area contributed by atoms with Gasteiger partial charge in [0.1, 0.15) is 16.7 Å². The number of amides is 4. The quantitative estimate of drug-likeness (QED) is 0.716. The Kier molecular flexibility index (Phi) is 4.85. The molecule has 158 valence electrons. The Labute approximate surface area is 181 Å². The number of piperidine rings is 1. The second-order valence-corrected chi connectivity index (χ2v) is 8.43. The minimum Gasteiger partial charge on any atom is -0.359 e. The van der Waals surface area contributed by atoms with Gasteiger partial charge in [-0.25, -0.2) is 4.98 Å². The zero-order valence-corrected chi connectivity index (χ0v) is 17.4. The zero-order chi connectivity index (χ0) is 21.5. The van der Waals surface area contributed by atoms with Crippen LogP contribution < -0.4 is 5.32 Å². The van der Waals surface area contributed by atoms with E-state index in [-0.39, 0.29) is 18.7 Å². The molecular weight excluding hydrogens is 418 g/mol. The second kappa shape index (κ2) is 7.69. The van der Waals surface area contributed by atoms with Crippen LogP contribution in [0.5, 0.6) is 0 Å². The summed E-state index contributed by atoms with van der Waals surface area (Å²) < 4.78 is 4.43. The molecular formula is C21H19N5O4S. The third-order valence-electron chi connectivity index (χ3n) is 5.70. The molecule has 0 saturated carbocycles. The first kappa shape index (κ1) is 19.6. The number of rotatable bonds is 4. The van der Waals surface area contributed by atoms with Crippen LogP contribution in [0.4, 0.5) is 0 Å². The molecule has 1 aromatic heterocycles. The summed E-state index contributed by atoms with van der Waals surface area (Å²) in [5.41, 5.74) is 1.73. The first-order valence-corrected chi connectivity index (χ1v) is 10.9. The molecule has 1 N–H and O–H groups in total. The topological polar surface area (TPSA) is 113 Å². The van der Waals surface area contributed by atoms with Crippen LogP contribution in [0, 0.1) is 0 Å². The highest BCUT2D eigenvalue weighted by Crippen LogP contribution is 2.34. The summed E-state index contributed by atoms with van der Waals surface area (Å²) >= 11 is 1.29. The molecule has 3 aliphatic rings. The molecule has 3 aliphatic heterocycles. The number of carbonyl (C=O) groups is 4. The van der Waals surface area contributed by atoms with Crippen molar-refractivity contribution in [2.24, 2.45) is 0 Å². The van der Waals surface area contributed by atoms with E-state index in [4.69, 9.17) is 0 Å². The lowest BCUT2D eigenvalue weighted by atomic mass is 10.0. The van der Waals surface area contributed by atoms with Gasteiger partial charge in [0.2, 0.25) is 11.8 Å². The predicted octanol–water partition coefficient (Wildman–Crippen LogP) is 1.23. The first-order valence-electron chi connectivity index (χ1n) is 10.1. The van der Waals surface area contributed by atoms with Crippen molar-refractivity contribution in [2.75, 3.05) is 6.54 Å². The lowest BCUT2D eigenvalue weighted by molar-refractivity contribution is -0.150. The maximum Gasteiger partial charge on any atom is 0.278 e. The van der Waals surface area contributed by atoms with E-state index in [2.05, 4.69) is 14.7 Å². The molecule has 10 heteroatoms. The summed E-state index contributed by atoms with van der Waals surface area (Å²) in [6.45, 7) is 0.908. The van der Waals surface area contributed by atoms with Crippen molar-refractivity contribution in [1.29, 1.82) is 0 Å². The summed E-state index contributed by atoms with van der Waals surface area (Å²) in [6, 6.07) is 8.78. The summed E-state index contributed by atoms with van der Waals surface area (Å²) in [7, 11) is 0. The summed E-state index contributed by atoms with van der Waals surface area (Å²) in [6.07, 6.45) is 1.46. The fourth-order valence-electron chi connectivity index (χ4n) is 4.25. The molecule has 4 amide bonds. The minimum absolute atomic E-state index is 0.104. The summed E-state index contributed by atoms with van der Waals surface area (Å²) in [5, 5.41) is 3.02. The van der Waals surface area contributed by atoms with Crippen molar-refractivity contribution in [3.8, 4) is 10.6 Å². The van der Waals surface area contributed by atoms with Crippen molar-refractivity contribution in [1.82, 2.24) is 24.5 Å². The van der Waals surface area contributed by atoms with Gasteiger partial charge in [0.25, 0.3) is 11.8 Å². The lowest BCUT2D eigenvalue weighted by Gasteiger charge is -2.30. The van der Waals surface area contributed by atoms with Crippen LogP contribution in [0.25, 0.3) is 10.6 Å². The number of aromatic nitrogens is 2. The van der Waals surface area contributed by atoms with E-state index in [1.165, 1.54) is 11.5 Å². The predicted molar refractivity (Wildman–Crippen MR) is 110 cm³/mol. The Balaban J connectivity index is 1.38. The number of nitrogens with zero attached hydrogens (tertiary/aromatic N) is 4. The van der Waals surface area contributed by atoms with Gasteiger partial charge in [0.05, 0.1) is 6.54 Å². The molecule has 9 nitrogen and oxygen atoms in total. The highest BCUT2D eigenvalue weighted by molar-refractivity contribution is 7.09. The van der Waals surface area contributed by atoms with Crippen molar-refractivity contribution >= 4 is 35.2 Å². The molecule has 4 heterocycles. The monoisotopic (exact) mass is 437 g/mol. The van der Waals surface area contributed by atoms with Crippen molar-refractivity contribution in [3.05, 3.63) is 47.4 Å². The van der Waals surface area contributed by atoms with E-state index in [0.29, 0.717) is 36.6 Å². The molecule has 1 saturated heterocycles. The summed E-state index contributed by atoms with van der Waals surface area (Å²) in [5.74, 6) is -1.32. The molecule has 2 aromatic rings. The SMILES string of the molecule is O=C1CCC(N2C(=O)C3=C(C2=O)N(Cc2nsc(-c4ccccc4)n2)CCC3)C(=O)N1. The van der Waals surface area contributed by atoms with E-state index in [1.54, 1.807) is 0 Å². The van der Waals surface area contributed by atoms with Gasteiger partial charge in [-0.2, -0.15) is 4.37 Å². The van der Waals surface area contributed by atoms with Gasteiger partial charge in [-0.1, -0.05) is 30.3 Å². The maximum atomic E-state index is 13.2. The van der Waals surface area contributed by atoms with E-state index in [9.17, 15) is 19.2 Å². The van der Waals surface area contributed by atoms with Crippen LogP contribution in [0.1, 0.15) is 31.5 Å². The van der Waals surface area contributed by atoms with Crippen LogP contribution in [0.2, 0.25) is 0 Å². The maximum absolute atomic E-state index is 13.2. The fraction of sp³-hybridized carbons (Fsp3) is 0.333. The number of nitrogens with one attached hydrogen (secondary N) is 1. The van der Waals surface area contributed by atoms with Crippen LogP contribution in [0.3, 0.4) is 0 Å². The number of benzene rings is 1. The van der Waals surface area contributed by atoms with E-state index in [1.807, 2.05) is 35.2 Å². The van der Waals surface area contributed by atoms with Gasteiger partial charge < -0.3 is 4.90 Å². The molecule has 31 heavy (non-hydrogen) atoms. The van der Waals surface area contributed by atoms with Crippen LogP contribution in [-0.2, 0) is 25.7 Å². The van der Waals surface area contributed by atoms with Gasteiger partial charge in [0.15, 0.2) is 5.82 Å². The molecule has 0 aliphatic carbocycles. The molecule has 0 radical (unpaired) electrons. The summed E-state index contributed by atoms with van der Waals surface area (Å²) in [4.78, 5) is 57.4. The first-order chi connectivity index (χ1) is 15.0. The normalized spacial score (nSPS) is 21.6. The second-order valence-electron chi connectivity index (χ2n) is 7.68. The smallest absolute Gasteiger partial charge is 0.278 e. The number of carbonyl (C=O) groups excluding carboxylic acids is 4. The Morgan fingerprint density at radius 1 is 1.06 bits per heavy atom. The standard InChI is InChI=1S/C21H19N5O4S/c27-16-9-8-14(18(28)23-16)26-20(29)13-7-4-10-25(17(13)21(26)30)11-15-22-19(31-24-15)12-5-2-1-3-6-12/h1-3,5-6,14H,4,7-11H2,(H,23,27,28). The Hall–Kier alpha value is -3.40. The molecule has 5 rings (SSSR count). The van der Waals surface area contributed by atoms with Gasteiger partial charge in [-0.15, -0.1) is 0 Å².